The number of rotatable bonds is 5. The molecule has 2 heterocycles. The number of nitrogens with zero attached hydrogens (tertiary/aromatic N) is 1. The van der Waals surface area contributed by atoms with E-state index in [9.17, 15) is 9.59 Å². The van der Waals surface area contributed by atoms with E-state index in [2.05, 4.69) is 0 Å². The third-order valence-corrected chi connectivity index (χ3v) is 3.88. The Kier molecular flexibility index (Phi) is 5.35. The molecule has 2 rings (SSSR count). The van der Waals surface area contributed by atoms with E-state index in [0.717, 1.165) is 49.4 Å². The molecular weight excluding hydrogens is 258 g/mol. The fourth-order valence-electron chi connectivity index (χ4n) is 2.66. The van der Waals surface area contributed by atoms with Gasteiger partial charge in [-0.3, -0.25) is 4.79 Å². The number of aromatic nitrogens is 1. The van der Waals surface area contributed by atoms with Crippen molar-refractivity contribution in [3.63, 3.8) is 0 Å². The van der Waals surface area contributed by atoms with Crippen LogP contribution >= 0.6 is 0 Å². The Labute approximate surface area is 118 Å². The van der Waals surface area contributed by atoms with Crippen molar-refractivity contribution in [3.8, 4) is 0 Å². The van der Waals surface area contributed by atoms with Crippen molar-refractivity contribution in [1.82, 2.24) is 4.57 Å². The second-order valence-electron chi connectivity index (χ2n) is 5.29. The summed E-state index contributed by atoms with van der Waals surface area (Å²) in [6.07, 6.45) is 6.16. The predicted octanol–water partition coefficient (Wildman–Crippen LogP) is 2.51. The lowest BCUT2D eigenvalue weighted by atomic mass is 9.93. The van der Waals surface area contributed by atoms with Crippen molar-refractivity contribution < 1.29 is 14.6 Å². The summed E-state index contributed by atoms with van der Waals surface area (Å²) in [7, 11) is 0. The molecule has 0 atom stereocenters. The van der Waals surface area contributed by atoms with Gasteiger partial charge in [-0.15, -0.1) is 0 Å². The summed E-state index contributed by atoms with van der Waals surface area (Å²) in [5, 5.41) is 8.88. The minimum absolute atomic E-state index is 0.411. The molecule has 0 aromatic carbocycles. The first-order chi connectivity index (χ1) is 9.68. The minimum atomic E-state index is -1.22. The van der Waals surface area contributed by atoms with Gasteiger partial charge in [0.2, 0.25) is 0 Å². The third-order valence-electron chi connectivity index (χ3n) is 3.88. The van der Waals surface area contributed by atoms with E-state index in [-0.39, 0.29) is 0 Å². The molecule has 0 saturated carbocycles. The zero-order valence-electron chi connectivity index (χ0n) is 11.6. The second kappa shape index (κ2) is 7.24. The minimum Gasteiger partial charge on any atom is -0.464 e. The number of ether oxygens (including phenoxy) is 1. The largest absolute Gasteiger partial charge is 0.464 e. The van der Waals surface area contributed by atoms with Crippen LogP contribution in [0.25, 0.3) is 0 Å². The smallest absolute Gasteiger partial charge is 0.418 e. The molecule has 1 saturated heterocycles. The third kappa shape index (κ3) is 3.93. The summed E-state index contributed by atoms with van der Waals surface area (Å²) in [5.74, 6) is 0.746. The molecule has 1 aliphatic rings. The first-order valence-corrected chi connectivity index (χ1v) is 7.20. The monoisotopic (exact) mass is 279 g/mol. The molecule has 1 aliphatic heterocycles. The maximum atomic E-state index is 11.9. The van der Waals surface area contributed by atoms with Crippen LogP contribution in [0.2, 0.25) is 0 Å². The lowest BCUT2D eigenvalue weighted by Gasteiger charge is -2.21. The van der Waals surface area contributed by atoms with Crippen LogP contribution in [-0.4, -0.2) is 29.0 Å². The molecule has 0 bridgehead atoms. The topological polar surface area (TPSA) is 68.5 Å². The number of carboxylic acid groups (broad SMARTS) is 1. The molecule has 5 nitrogen and oxygen atoms in total. The van der Waals surface area contributed by atoms with Gasteiger partial charge in [0, 0.05) is 25.0 Å². The van der Waals surface area contributed by atoms with Crippen LogP contribution in [-0.2, 0) is 11.2 Å². The molecule has 20 heavy (non-hydrogen) atoms. The van der Waals surface area contributed by atoms with Gasteiger partial charge in [0.05, 0.1) is 0 Å². The van der Waals surface area contributed by atoms with E-state index >= 15 is 0 Å². The van der Waals surface area contributed by atoms with Crippen molar-refractivity contribution in [2.24, 2.45) is 5.92 Å². The van der Waals surface area contributed by atoms with E-state index in [4.69, 9.17) is 9.84 Å². The molecule has 0 aliphatic carbocycles. The van der Waals surface area contributed by atoms with Crippen molar-refractivity contribution in [2.45, 2.75) is 38.5 Å². The fourth-order valence-corrected chi connectivity index (χ4v) is 2.66. The number of aryl methyl sites for hydroxylation is 1. The average Bonchev–Trinajstić information content (AvgIpc) is 2.46. The summed E-state index contributed by atoms with van der Waals surface area (Å²) < 4.78 is 6.07. The van der Waals surface area contributed by atoms with Crippen LogP contribution in [0.4, 0.5) is 4.79 Å². The standard InChI is InChI=1S/C15H21NO4/c17-14-13(6-3-9-16(14)15(18)19)5-2-1-4-12-7-10-20-11-8-12/h3,6,9,12H,1-2,4-5,7-8,10-11H2,(H,18,19). The normalized spacial score (nSPS) is 16.2. The molecule has 1 aromatic rings. The highest BCUT2D eigenvalue weighted by Gasteiger charge is 2.13. The summed E-state index contributed by atoms with van der Waals surface area (Å²) in [4.78, 5) is 22.7. The van der Waals surface area contributed by atoms with E-state index in [1.807, 2.05) is 0 Å². The Morgan fingerprint density at radius 1 is 1.35 bits per heavy atom. The summed E-state index contributed by atoms with van der Waals surface area (Å²) in [6, 6.07) is 3.33. The number of hydrogen-bond acceptors (Lipinski definition) is 3. The van der Waals surface area contributed by atoms with Crippen LogP contribution in [0.15, 0.2) is 23.1 Å². The summed E-state index contributed by atoms with van der Waals surface area (Å²) >= 11 is 0. The van der Waals surface area contributed by atoms with Gasteiger partial charge in [-0.2, -0.15) is 0 Å². The van der Waals surface area contributed by atoms with Crippen LogP contribution in [0.3, 0.4) is 0 Å². The maximum absolute atomic E-state index is 11.9. The Morgan fingerprint density at radius 2 is 2.10 bits per heavy atom. The number of unbranched alkanes of at least 4 members (excludes halogenated alkanes) is 1. The zero-order chi connectivity index (χ0) is 14.4. The molecule has 5 heteroatoms. The van der Waals surface area contributed by atoms with Crippen molar-refractivity contribution >= 4 is 6.09 Å². The van der Waals surface area contributed by atoms with Gasteiger partial charge >= 0.3 is 6.09 Å². The first-order valence-electron chi connectivity index (χ1n) is 7.20. The Morgan fingerprint density at radius 3 is 2.80 bits per heavy atom. The van der Waals surface area contributed by atoms with Crippen molar-refractivity contribution in [3.05, 3.63) is 34.2 Å². The number of hydrogen-bond donors (Lipinski definition) is 1. The van der Waals surface area contributed by atoms with E-state index in [0.29, 0.717) is 12.0 Å². The molecular formula is C15H21NO4. The second-order valence-corrected chi connectivity index (χ2v) is 5.29. The molecule has 1 N–H and O–H groups in total. The van der Waals surface area contributed by atoms with Crippen molar-refractivity contribution in [1.29, 1.82) is 0 Å². The highest BCUT2D eigenvalue weighted by atomic mass is 16.5. The van der Waals surface area contributed by atoms with E-state index in [1.165, 1.54) is 12.6 Å². The highest BCUT2D eigenvalue weighted by molar-refractivity contribution is 5.67. The SMILES string of the molecule is O=C(O)n1cccc(CCCCC2CCOCC2)c1=O. The Bertz CT molecular complexity index is 503. The molecule has 1 aromatic heterocycles. The van der Waals surface area contributed by atoms with Crippen LogP contribution < -0.4 is 5.56 Å². The van der Waals surface area contributed by atoms with Crippen LogP contribution in [0, 0.1) is 5.92 Å². The van der Waals surface area contributed by atoms with Gasteiger partial charge in [-0.05, 0) is 37.7 Å². The van der Waals surface area contributed by atoms with E-state index in [1.54, 1.807) is 12.1 Å². The molecule has 110 valence electrons. The van der Waals surface area contributed by atoms with Gasteiger partial charge in [-0.1, -0.05) is 18.9 Å². The van der Waals surface area contributed by atoms with Gasteiger partial charge in [-0.25, -0.2) is 9.36 Å². The molecule has 0 amide bonds. The quantitative estimate of drug-likeness (QED) is 0.841. The Balaban J connectivity index is 1.80. The fraction of sp³-hybridized carbons (Fsp3) is 0.600. The number of pyridine rings is 1. The Hall–Kier alpha value is -1.62. The summed E-state index contributed by atoms with van der Waals surface area (Å²) in [6.45, 7) is 1.74. The first kappa shape index (κ1) is 14.8. The van der Waals surface area contributed by atoms with Crippen LogP contribution in [0.5, 0.6) is 0 Å². The van der Waals surface area contributed by atoms with Crippen molar-refractivity contribution in [2.75, 3.05) is 13.2 Å². The molecule has 0 spiro atoms. The maximum Gasteiger partial charge on any atom is 0.418 e. The van der Waals surface area contributed by atoms with Gasteiger partial charge in [0.1, 0.15) is 0 Å². The average molecular weight is 279 g/mol. The van der Waals surface area contributed by atoms with E-state index < -0.39 is 11.7 Å². The lowest BCUT2D eigenvalue weighted by Crippen LogP contribution is -2.27. The van der Waals surface area contributed by atoms with Gasteiger partial charge in [0.25, 0.3) is 5.56 Å². The highest BCUT2D eigenvalue weighted by Crippen LogP contribution is 2.21. The number of carbonyl (C=O) groups is 1. The molecule has 0 unspecified atom stereocenters. The zero-order valence-corrected chi connectivity index (χ0v) is 11.6. The molecule has 0 radical (unpaired) electrons. The molecule has 1 fully saturated rings. The lowest BCUT2D eigenvalue weighted by molar-refractivity contribution is 0.0632. The predicted molar refractivity (Wildman–Crippen MR) is 75.2 cm³/mol. The van der Waals surface area contributed by atoms with Gasteiger partial charge < -0.3 is 9.84 Å². The van der Waals surface area contributed by atoms with Crippen LogP contribution in [0.1, 0.15) is 37.7 Å². The summed E-state index contributed by atoms with van der Waals surface area (Å²) in [5.41, 5.74) is 0.174. The van der Waals surface area contributed by atoms with Gasteiger partial charge in [0.15, 0.2) is 0 Å².